The number of carbonyl (C=O) groups excluding carboxylic acids is 1. The van der Waals surface area contributed by atoms with E-state index in [1.807, 2.05) is 12.1 Å². The molecule has 1 saturated heterocycles. The Kier molecular flexibility index (Phi) is 7.55. The van der Waals surface area contributed by atoms with Crippen molar-refractivity contribution in [3.63, 3.8) is 0 Å². The minimum Gasteiger partial charge on any atom is -0.379 e. The molecule has 2 aromatic carbocycles. The van der Waals surface area contributed by atoms with Crippen molar-refractivity contribution >= 4 is 40.4 Å². The molecule has 1 heterocycles. The van der Waals surface area contributed by atoms with Crippen LogP contribution >= 0.6 is 25.0 Å². The Morgan fingerprint density at radius 1 is 1.15 bits per heavy atom. The van der Waals surface area contributed by atoms with Crippen LogP contribution in [0.4, 0.5) is 4.79 Å². The highest BCUT2D eigenvalue weighted by Gasteiger charge is 2.25. The number of hydrogen-bond donors (Lipinski definition) is 2. The van der Waals surface area contributed by atoms with E-state index in [4.69, 9.17) is 4.18 Å². The fourth-order valence-electron chi connectivity index (χ4n) is 2.91. The molecule has 1 unspecified atom stereocenters. The third-order valence-electron chi connectivity index (χ3n) is 4.23. The van der Waals surface area contributed by atoms with Gasteiger partial charge in [-0.05, 0) is 36.2 Å². The molecule has 1 aliphatic heterocycles. The zero-order valence-corrected chi connectivity index (χ0v) is 17.0. The van der Waals surface area contributed by atoms with Crippen LogP contribution in [0.2, 0.25) is 0 Å². The van der Waals surface area contributed by atoms with Crippen LogP contribution in [0.3, 0.4) is 0 Å². The monoisotopic (exact) mass is 428 g/mol. The van der Waals surface area contributed by atoms with Gasteiger partial charge in [0.15, 0.2) is 0 Å². The quantitative estimate of drug-likeness (QED) is 0.565. The van der Waals surface area contributed by atoms with Crippen molar-refractivity contribution in [2.75, 3.05) is 19.6 Å². The molecular weight excluding hydrogens is 408 g/mol. The SMILES string of the molecule is Cl.O=C(S)N1CCNCC1Cc1ccc(OS(=O)(=O)c2ccccc2)cc1. The molecule has 0 bridgehead atoms. The van der Waals surface area contributed by atoms with Crippen LogP contribution in [-0.2, 0) is 16.5 Å². The van der Waals surface area contributed by atoms with E-state index in [0.717, 1.165) is 12.1 Å². The topological polar surface area (TPSA) is 75.7 Å². The number of halogens is 1. The van der Waals surface area contributed by atoms with Crippen LogP contribution in [0.25, 0.3) is 0 Å². The van der Waals surface area contributed by atoms with Gasteiger partial charge in [-0.15, -0.1) is 12.4 Å². The van der Waals surface area contributed by atoms with E-state index in [2.05, 4.69) is 17.9 Å². The Balaban J connectivity index is 0.00000261. The van der Waals surface area contributed by atoms with Gasteiger partial charge in [0, 0.05) is 25.7 Å². The summed E-state index contributed by atoms with van der Waals surface area (Å²) in [5, 5.41) is 3.04. The molecule has 3 rings (SSSR count). The molecule has 146 valence electrons. The van der Waals surface area contributed by atoms with E-state index in [9.17, 15) is 13.2 Å². The van der Waals surface area contributed by atoms with Gasteiger partial charge in [-0.1, -0.05) is 43.0 Å². The number of nitrogens with one attached hydrogen (secondary N) is 1. The Labute approximate surface area is 170 Å². The molecule has 0 spiro atoms. The fourth-order valence-corrected chi connectivity index (χ4v) is 4.12. The van der Waals surface area contributed by atoms with Crippen LogP contribution in [0.1, 0.15) is 5.56 Å². The molecule has 9 heteroatoms. The van der Waals surface area contributed by atoms with Gasteiger partial charge in [0.05, 0.1) is 0 Å². The van der Waals surface area contributed by atoms with Crippen molar-refractivity contribution in [1.82, 2.24) is 10.2 Å². The smallest absolute Gasteiger partial charge is 0.339 e. The van der Waals surface area contributed by atoms with Gasteiger partial charge in [-0.25, -0.2) is 0 Å². The summed E-state index contributed by atoms with van der Waals surface area (Å²) in [5.41, 5.74) is 0.989. The standard InChI is InChI=1S/C18H20N2O4S2.ClH/c21-18(25)20-11-10-19-13-15(20)12-14-6-8-16(9-7-14)24-26(22,23)17-4-2-1-3-5-17;/h1-9,15,19H,10-13H2,(H,21,25);1H. The van der Waals surface area contributed by atoms with Crippen LogP contribution in [0.15, 0.2) is 59.5 Å². The predicted octanol–water partition coefficient (Wildman–Crippen LogP) is 2.74. The lowest BCUT2D eigenvalue weighted by Crippen LogP contribution is -2.53. The van der Waals surface area contributed by atoms with Gasteiger partial charge in [0.2, 0.25) is 0 Å². The number of thiol groups is 1. The summed E-state index contributed by atoms with van der Waals surface area (Å²) in [5.74, 6) is 0.251. The molecule has 2 aromatic rings. The Bertz CT molecular complexity index is 861. The summed E-state index contributed by atoms with van der Waals surface area (Å²) >= 11 is 3.94. The maximum absolute atomic E-state index is 12.2. The number of piperazine rings is 1. The van der Waals surface area contributed by atoms with Gasteiger partial charge in [0.25, 0.3) is 5.24 Å². The highest BCUT2D eigenvalue weighted by atomic mass is 35.5. The number of rotatable bonds is 5. The first-order chi connectivity index (χ1) is 12.5. The molecule has 27 heavy (non-hydrogen) atoms. The van der Waals surface area contributed by atoms with Crippen LogP contribution in [0, 0.1) is 0 Å². The van der Waals surface area contributed by atoms with Gasteiger partial charge >= 0.3 is 10.1 Å². The van der Waals surface area contributed by atoms with Gasteiger partial charge in [0.1, 0.15) is 10.6 Å². The predicted molar refractivity (Wildman–Crippen MR) is 109 cm³/mol. The summed E-state index contributed by atoms with van der Waals surface area (Å²) in [4.78, 5) is 13.5. The van der Waals surface area contributed by atoms with Crippen molar-refractivity contribution < 1.29 is 17.4 Å². The van der Waals surface area contributed by atoms with Gasteiger partial charge in [-0.3, -0.25) is 4.79 Å². The number of amides is 1. The minimum absolute atomic E-state index is 0. The van der Waals surface area contributed by atoms with Crippen LogP contribution in [0.5, 0.6) is 5.75 Å². The zero-order chi connectivity index (χ0) is 18.6. The molecular formula is C18H21ClN2O4S2. The second-order valence-corrected chi connectivity index (χ2v) is 7.96. The fraction of sp³-hybridized carbons (Fsp3) is 0.278. The summed E-state index contributed by atoms with van der Waals surface area (Å²) in [6.45, 7) is 2.09. The van der Waals surface area contributed by atoms with Gasteiger partial charge < -0.3 is 14.4 Å². The second kappa shape index (κ2) is 9.45. The molecule has 1 N–H and O–H groups in total. The number of benzene rings is 2. The van der Waals surface area contributed by atoms with E-state index < -0.39 is 10.1 Å². The first kappa shape index (κ1) is 21.6. The van der Waals surface area contributed by atoms with E-state index in [1.165, 1.54) is 12.1 Å². The normalized spacial score (nSPS) is 17.1. The molecule has 1 atom stereocenters. The zero-order valence-electron chi connectivity index (χ0n) is 14.4. The molecule has 0 radical (unpaired) electrons. The van der Waals surface area contributed by atoms with E-state index in [1.54, 1.807) is 35.2 Å². The number of carbonyl (C=O) groups is 1. The van der Waals surface area contributed by atoms with Crippen molar-refractivity contribution in [3.05, 3.63) is 60.2 Å². The van der Waals surface area contributed by atoms with Crippen molar-refractivity contribution in [2.24, 2.45) is 0 Å². The van der Waals surface area contributed by atoms with E-state index in [0.29, 0.717) is 19.5 Å². The molecule has 0 saturated carbocycles. The summed E-state index contributed by atoms with van der Waals surface area (Å²) in [6, 6.07) is 14.9. The largest absolute Gasteiger partial charge is 0.379 e. The lowest BCUT2D eigenvalue weighted by molar-refractivity contribution is 0.181. The average Bonchev–Trinajstić information content (AvgIpc) is 2.64. The Hall–Kier alpha value is -1.74. The summed E-state index contributed by atoms with van der Waals surface area (Å²) in [7, 11) is -3.85. The maximum atomic E-state index is 12.2. The summed E-state index contributed by atoms with van der Waals surface area (Å²) < 4.78 is 29.7. The third kappa shape index (κ3) is 5.62. The van der Waals surface area contributed by atoms with E-state index >= 15 is 0 Å². The molecule has 1 aliphatic rings. The lowest BCUT2D eigenvalue weighted by atomic mass is 10.0. The molecule has 1 fully saturated rings. The number of hydrogen-bond acceptors (Lipinski definition) is 5. The average molecular weight is 429 g/mol. The number of nitrogens with zero attached hydrogens (tertiary/aromatic N) is 1. The first-order valence-corrected chi connectivity index (χ1v) is 10.1. The van der Waals surface area contributed by atoms with Crippen molar-refractivity contribution in [1.29, 1.82) is 0 Å². The minimum atomic E-state index is -3.85. The second-order valence-electron chi connectivity index (χ2n) is 6.03. The molecule has 6 nitrogen and oxygen atoms in total. The van der Waals surface area contributed by atoms with E-state index in [-0.39, 0.29) is 34.3 Å². The van der Waals surface area contributed by atoms with Crippen LogP contribution in [-0.4, -0.2) is 44.2 Å². The molecule has 0 aromatic heterocycles. The summed E-state index contributed by atoms with van der Waals surface area (Å²) in [6.07, 6.45) is 0.658. The molecule has 1 amide bonds. The first-order valence-electron chi connectivity index (χ1n) is 8.24. The van der Waals surface area contributed by atoms with Gasteiger partial charge in [-0.2, -0.15) is 8.42 Å². The molecule has 0 aliphatic carbocycles. The Morgan fingerprint density at radius 3 is 2.44 bits per heavy atom. The highest BCUT2D eigenvalue weighted by molar-refractivity contribution is 7.96. The Morgan fingerprint density at radius 2 is 1.81 bits per heavy atom. The lowest BCUT2D eigenvalue weighted by Gasteiger charge is -2.35. The van der Waals surface area contributed by atoms with Crippen LogP contribution < -0.4 is 9.50 Å². The maximum Gasteiger partial charge on any atom is 0.339 e. The van der Waals surface area contributed by atoms with Crippen molar-refractivity contribution in [3.8, 4) is 5.75 Å². The van der Waals surface area contributed by atoms with Crippen molar-refractivity contribution in [2.45, 2.75) is 17.4 Å². The highest BCUT2D eigenvalue weighted by Crippen LogP contribution is 2.20. The third-order valence-corrected chi connectivity index (χ3v) is 5.75.